The number of hydrogen-bond acceptors (Lipinski definition) is 2. The molecule has 0 amide bonds. The van der Waals surface area contributed by atoms with Gasteiger partial charge in [-0.3, -0.25) is 0 Å². The fraction of sp³-hybridized carbons (Fsp3) is 0.200. The van der Waals surface area contributed by atoms with E-state index in [1.165, 1.54) is 0 Å². The number of rotatable bonds is 4. The largest absolute Gasteiger partial charge is 0.489 e. The Kier molecular flexibility index (Phi) is 3.35. The minimum absolute atomic E-state index is 0.476. The van der Waals surface area contributed by atoms with Crippen molar-refractivity contribution in [2.24, 2.45) is 5.73 Å². The summed E-state index contributed by atoms with van der Waals surface area (Å²) in [6.45, 7) is 4.55. The molecule has 2 N–H and O–H groups in total. The first-order valence-corrected chi connectivity index (χ1v) is 3.81. The minimum Gasteiger partial charge on any atom is -0.489 e. The quantitative estimate of drug-likeness (QED) is 0.681. The molecular formula is C10H12NO. The molecule has 0 aliphatic carbocycles. The molecule has 0 unspecified atom stereocenters. The third-order valence-corrected chi connectivity index (χ3v) is 1.48. The van der Waals surface area contributed by atoms with Crippen LogP contribution in [0.2, 0.25) is 0 Å². The van der Waals surface area contributed by atoms with E-state index >= 15 is 0 Å². The molecule has 0 aromatic heterocycles. The third-order valence-electron chi connectivity index (χ3n) is 1.48. The molecule has 0 aliphatic rings. The lowest BCUT2D eigenvalue weighted by Gasteiger charge is -2.06. The lowest BCUT2D eigenvalue weighted by atomic mass is 10.2. The molecule has 63 valence electrons. The van der Waals surface area contributed by atoms with E-state index in [0.717, 1.165) is 11.3 Å². The predicted octanol–water partition coefficient (Wildman–Crippen LogP) is 1.51. The number of nitrogens with two attached hydrogens (primary N) is 1. The Bertz CT molecular complexity index is 258. The maximum Gasteiger partial charge on any atom is 0.124 e. The summed E-state index contributed by atoms with van der Waals surface area (Å²) in [4.78, 5) is 0. The van der Waals surface area contributed by atoms with Crippen molar-refractivity contribution in [3.8, 4) is 5.75 Å². The van der Waals surface area contributed by atoms with Crippen LogP contribution in [0.15, 0.2) is 30.9 Å². The zero-order chi connectivity index (χ0) is 8.81. The first kappa shape index (κ1) is 8.81. The van der Waals surface area contributed by atoms with Crippen LogP contribution in [0.1, 0.15) is 5.56 Å². The monoisotopic (exact) mass is 162 g/mol. The van der Waals surface area contributed by atoms with Crippen molar-refractivity contribution >= 4 is 0 Å². The lowest BCUT2D eigenvalue weighted by Crippen LogP contribution is -2.01. The number of ether oxygens (including phenoxy) is 1. The van der Waals surface area contributed by atoms with E-state index in [1.807, 2.05) is 12.1 Å². The van der Waals surface area contributed by atoms with Gasteiger partial charge >= 0.3 is 0 Å². The molecule has 0 bridgehead atoms. The Morgan fingerprint density at radius 2 is 2.50 bits per heavy atom. The average molecular weight is 162 g/mol. The van der Waals surface area contributed by atoms with Crippen LogP contribution in [-0.4, -0.2) is 6.61 Å². The molecule has 0 atom stereocenters. The summed E-state index contributed by atoms with van der Waals surface area (Å²) in [5.41, 5.74) is 6.47. The molecular weight excluding hydrogens is 150 g/mol. The van der Waals surface area contributed by atoms with E-state index in [0.29, 0.717) is 13.2 Å². The zero-order valence-corrected chi connectivity index (χ0v) is 6.92. The Hall–Kier alpha value is -1.28. The summed E-state index contributed by atoms with van der Waals surface area (Å²) >= 11 is 0. The van der Waals surface area contributed by atoms with Gasteiger partial charge < -0.3 is 10.5 Å². The van der Waals surface area contributed by atoms with Gasteiger partial charge in [0.05, 0.1) is 0 Å². The molecule has 0 spiro atoms. The van der Waals surface area contributed by atoms with Crippen LogP contribution in [-0.2, 0) is 6.54 Å². The maximum atomic E-state index is 5.50. The molecule has 0 fully saturated rings. The highest BCUT2D eigenvalue weighted by atomic mass is 16.5. The zero-order valence-electron chi connectivity index (χ0n) is 6.92. The number of hydrogen-bond donors (Lipinski definition) is 1. The molecule has 2 heteroatoms. The molecule has 0 aliphatic heterocycles. The molecule has 0 saturated heterocycles. The number of benzene rings is 1. The Morgan fingerprint density at radius 1 is 1.67 bits per heavy atom. The van der Waals surface area contributed by atoms with Gasteiger partial charge in [0.2, 0.25) is 0 Å². The first-order valence-electron chi connectivity index (χ1n) is 3.81. The SMILES string of the molecule is C=CCOc1cc[c]cc1CN. The van der Waals surface area contributed by atoms with E-state index in [4.69, 9.17) is 10.5 Å². The van der Waals surface area contributed by atoms with Crippen LogP contribution in [0.25, 0.3) is 0 Å². The van der Waals surface area contributed by atoms with Gasteiger partial charge in [0.1, 0.15) is 12.4 Å². The summed E-state index contributed by atoms with van der Waals surface area (Å²) in [5.74, 6) is 0.816. The summed E-state index contributed by atoms with van der Waals surface area (Å²) in [5, 5.41) is 0. The summed E-state index contributed by atoms with van der Waals surface area (Å²) < 4.78 is 5.36. The minimum atomic E-state index is 0.476. The van der Waals surface area contributed by atoms with Gasteiger partial charge in [-0.05, 0) is 18.2 Å². The lowest BCUT2D eigenvalue weighted by molar-refractivity contribution is 0.359. The van der Waals surface area contributed by atoms with Crippen LogP contribution in [0, 0.1) is 6.07 Å². The van der Waals surface area contributed by atoms with E-state index in [2.05, 4.69) is 12.6 Å². The van der Waals surface area contributed by atoms with Gasteiger partial charge in [-0.1, -0.05) is 18.7 Å². The standard InChI is InChI=1S/C10H12NO/c1-2-7-12-10-6-4-3-5-9(10)8-11/h2,4-6H,1,7-8,11H2. The predicted molar refractivity (Wildman–Crippen MR) is 48.9 cm³/mol. The molecule has 1 aromatic carbocycles. The Balaban J connectivity index is 2.74. The van der Waals surface area contributed by atoms with Crippen LogP contribution >= 0.6 is 0 Å². The van der Waals surface area contributed by atoms with Gasteiger partial charge in [-0.15, -0.1) is 0 Å². The van der Waals surface area contributed by atoms with Gasteiger partial charge in [0.15, 0.2) is 0 Å². The molecule has 1 rings (SSSR count). The molecule has 1 radical (unpaired) electrons. The molecule has 12 heavy (non-hydrogen) atoms. The van der Waals surface area contributed by atoms with Crippen LogP contribution in [0.5, 0.6) is 5.75 Å². The van der Waals surface area contributed by atoms with E-state index in [9.17, 15) is 0 Å². The summed E-state index contributed by atoms with van der Waals surface area (Å²) in [6, 6.07) is 8.43. The second-order valence-corrected chi connectivity index (χ2v) is 2.34. The van der Waals surface area contributed by atoms with Crippen molar-refractivity contribution in [2.45, 2.75) is 6.54 Å². The van der Waals surface area contributed by atoms with E-state index in [-0.39, 0.29) is 0 Å². The second-order valence-electron chi connectivity index (χ2n) is 2.34. The van der Waals surface area contributed by atoms with Crippen molar-refractivity contribution in [1.29, 1.82) is 0 Å². The van der Waals surface area contributed by atoms with E-state index < -0.39 is 0 Å². The van der Waals surface area contributed by atoms with E-state index in [1.54, 1.807) is 12.1 Å². The average Bonchev–Trinajstić information content (AvgIpc) is 2.15. The fourth-order valence-corrected chi connectivity index (χ4v) is 0.900. The van der Waals surface area contributed by atoms with Crippen molar-refractivity contribution in [3.63, 3.8) is 0 Å². The molecule has 0 saturated carbocycles. The van der Waals surface area contributed by atoms with Crippen molar-refractivity contribution in [2.75, 3.05) is 6.61 Å². The first-order chi connectivity index (χ1) is 5.88. The topological polar surface area (TPSA) is 35.2 Å². The fourth-order valence-electron chi connectivity index (χ4n) is 0.900. The van der Waals surface area contributed by atoms with Crippen LogP contribution < -0.4 is 10.5 Å². The van der Waals surface area contributed by atoms with Crippen molar-refractivity contribution in [1.82, 2.24) is 0 Å². The van der Waals surface area contributed by atoms with Crippen LogP contribution in [0.4, 0.5) is 0 Å². The highest BCUT2D eigenvalue weighted by molar-refractivity contribution is 5.32. The highest BCUT2D eigenvalue weighted by Gasteiger charge is 1.98. The van der Waals surface area contributed by atoms with Crippen LogP contribution in [0.3, 0.4) is 0 Å². The smallest absolute Gasteiger partial charge is 0.124 e. The van der Waals surface area contributed by atoms with Gasteiger partial charge in [0.25, 0.3) is 0 Å². The summed E-state index contributed by atoms with van der Waals surface area (Å²) in [7, 11) is 0. The highest BCUT2D eigenvalue weighted by Crippen LogP contribution is 2.16. The maximum absolute atomic E-state index is 5.50. The second kappa shape index (κ2) is 4.57. The molecule has 1 aromatic rings. The molecule has 2 nitrogen and oxygen atoms in total. The van der Waals surface area contributed by atoms with Gasteiger partial charge in [0, 0.05) is 12.1 Å². The Morgan fingerprint density at radius 3 is 3.17 bits per heavy atom. The summed E-state index contributed by atoms with van der Waals surface area (Å²) in [6.07, 6.45) is 1.71. The third kappa shape index (κ3) is 2.10. The van der Waals surface area contributed by atoms with Gasteiger partial charge in [-0.25, -0.2) is 0 Å². The van der Waals surface area contributed by atoms with Crippen molar-refractivity contribution in [3.05, 3.63) is 42.5 Å². The Labute approximate surface area is 72.7 Å². The van der Waals surface area contributed by atoms with Crippen molar-refractivity contribution < 1.29 is 4.74 Å². The van der Waals surface area contributed by atoms with Gasteiger partial charge in [-0.2, -0.15) is 0 Å². The molecule has 0 heterocycles. The normalized spacial score (nSPS) is 9.42.